The van der Waals surface area contributed by atoms with E-state index in [1.165, 1.54) is 23.1 Å². The maximum Gasteiger partial charge on any atom is 0.416 e. The van der Waals surface area contributed by atoms with Crippen LogP contribution in [0.4, 0.5) is 13.2 Å². The van der Waals surface area contributed by atoms with Gasteiger partial charge in [-0.1, -0.05) is 31.2 Å². The van der Waals surface area contributed by atoms with E-state index in [-0.39, 0.29) is 23.6 Å². The van der Waals surface area contributed by atoms with Gasteiger partial charge in [0.05, 0.1) is 11.6 Å². The highest BCUT2D eigenvalue weighted by Gasteiger charge is 2.57. The Kier molecular flexibility index (Phi) is 4.33. The van der Waals surface area contributed by atoms with Crippen LogP contribution in [0.5, 0.6) is 5.75 Å². The fourth-order valence-electron chi connectivity index (χ4n) is 4.42. The fraction of sp³-hybridized carbons (Fsp3) is 0.333. The Morgan fingerprint density at radius 3 is 2.62 bits per heavy atom. The molecular weight excluding hydrogens is 385 g/mol. The predicted molar refractivity (Wildman–Crippen MR) is 97.7 cm³/mol. The number of rotatable bonds is 2. The van der Waals surface area contributed by atoms with Crippen LogP contribution in [-0.2, 0) is 11.0 Å². The number of alkyl halides is 3. The maximum atomic E-state index is 13.3. The van der Waals surface area contributed by atoms with Crippen molar-refractivity contribution in [2.75, 3.05) is 0 Å². The number of aromatic hydroxyl groups is 1. The minimum Gasteiger partial charge on any atom is -0.508 e. The minimum absolute atomic E-state index is 0.00533. The molecule has 29 heavy (non-hydrogen) atoms. The molecule has 2 amide bonds. The number of para-hydroxylation sites is 1. The van der Waals surface area contributed by atoms with E-state index in [1.54, 1.807) is 18.2 Å². The second-order valence-electron chi connectivity index (χ2n) is 7.87. The Labute approximate surface area is 165 Å². The first-order valence-electron chi connectivity index (χ1n) is 9.17. The highest BCUT2D eigenvalue weighted by Crippen LogP contribution is 2.53. The Morgan fingerprint density at radius 2 is 1.93 bits per heavy atom. The van der Waals surface area contributed by atoms with Crippen LogP contribution in [0.25, 0.3) is 0 Å². The van der Waals surface area contributed by atoms with E-state index in [9.17, 15) is 27.9 Å². The van der Waals surface area contributed by atoms with Crippen LogP contribution in [0, 0.1) is 5.41 Å². The molecule has 3 atom stereocenters. The predicted octanol–water partition coefficient (Wildman–Crippen LogP) is 3.85. The lowest BCUT2D eigenvalue weighted by Gasteiger charge is -2.31. The average Bonchev–Trinajstić information content (AvgIpc) is 3.09. The highest BCUT2D eigenvalue weighted by molar-refractivity contribution is 5.96. The van der Waals surface area contributed by atoms with Crippen LogP contribution < -0.4 is 5.32 Å². The molecule has 2 aliphatic rings. The van der Waals surface area contributed by atoms with Crippen molar-refractivity contribution in [3.63, 3.8) is 0 Å². The number of hydrogen-bond acceptors (Lipinski definition) is 3. The molecular formula is C21H19F3N2O3. The van der Waals surface area contributed by atoms with Gasteiger partial charge in [0.25, 0.3) is 5.91 Å². The van der Waals surface area contributed by atoms with Crippen molar-refractivity contribution in [1.29, 1.82) is 0 Å². The number of nitrogens with one attached hydrogen (secondary N) is 1. The lowest BCUT2D eigenvalue weighted by molar-refractivity contribution is -0.137. The zero-order chi connectivity index (χ0) is 21.0. The van der Waals surface area contributed by atoms with Gasteiger partial charge in [-0.2, -0.15) is 13.2 Å². The van der Waals surface area contributed by atoms with Gasteiger partial charge < -0.3 is 15.3 Å². The number of phenolic OH excluding ortho intramolecular Hbond substituents is 1. The van der Waals surface area contributed by atoms with E-state index < -0.39 is 35.3 Å². The van der Waals surface area contributed by atoms with Gasteiger partial charge in [0.2, 0.25) is 5.91 Å². The highest BCUT2D eigenvalue weighted by atomic mass is 19.4. The first-order valence-corrected chi connectivity index (χ1v) is 9.17. The van der Waals surface area contributed by atoms with E-state index >= 15 is 0 Å². The number of carbonyl (C=O) groups excluding carboxylic acids is 2. The SMILES string of the molecule is C[C@@]12CC(=O)N[C@@H]1N(C(=O)c1cccc(C(F)(F)F)c1)[C@H](c1ccccc1O)C2. The van der Waals surface area contributed by atoms with Crippen LogP contribution in [0.2, 0.25) is 0 Å². The lowest BCUT2D eigenvalue weighted by Crippen LogP contribution is -2.47. The molecule has 0 unspecified atom stereocenters. The van der Waals surface area contributed by atoms with Gasteiger partial charge in [-0.05, 0) is 30.7 Å². The van der Waals surface area contributed by atoms with Crippen molar-refractivity contribution in [1.82, 2.24) is 10.2 Å². The smallest absolute Gasteiger partial charge is 0.416 e. The molecule has 0 aliphatic carbocycles. The van der Waals surface area contributed by atoms with Crippen LogP contribution in [0.15, 0.2) is 48.5 Å². The van der Waals surface area contributed by atoms with Gasteiger partial charge in [0, 0.05) is 23.0 Å². The number of halogens is 3. The second kappa shape index (κ2) is 6.50. The van der Waals surface area contributed by atoms with Gasteiger partial charge in [-0.3, -0.25) is 9.59 Å². The summed E-state index contributed by atoms with van der Waals surface area (Å²) in [6, 6.07) is 10.2. The van der Waals surface area contributed by atoms with Crippen molar-refractivity contribution in [2.45, 2.75) is 38.1 Å². The Morgan fingerprint density at radius 1 is 1.21 bits per heavy atom. The molecule has 2 heterocycles. The summed E-state index contributed by atoms with van der Waals surface area (Å²) in [6.45, 7) is 1.86. The quantitative estimate of drug-likeness (QED) is 0.799. The Bertz CT molecular complexity index is 991. The van der Waals surface area contributed by atoms with Crippen LogP contribution in [-0.4, -0.2) is 28.0 Å². The molecule has 2 aromatic rings. The van der Waals surface area contributed by atoms with Gasteiger partial charge in [0.15, 0.2) is 0 Å². The summed E-state index contributed by atoms with van der Waals surface area (Å²) in [5.41, 5.74) is -1.12. The van der Waals surface area contributed by atoms with E-state index in [4.69, 9.17) is 0 Å². The summed E-state index contributed by atoms with van der Waals surface area (Å²) in [5.74, 6) is -0.843. The Hall–Kier alpha value is -3.03. The molecule has 152 valence electrons. The third-order valence-electron chi connectivity index (χ3n) is 5.76. The maximum absolute atomic E-state index is 13.3. The molecule has 2 aromatic carbocycles. The first kappa shape index (κ1) is 19.3. The van der Waals surface area contributed by atoms with Gasteiger partial charge in [-0.25, -0.2) is 0 Å². The van der Waals surface area contributed by atoms with E-state index in [1.807, 2.05) is 6.92 Å². The van der Waals surface area contributed by atoms with Crippen LogP contribution in [0.1, 0.15) is 47.3 Å². The van der Waals surface area contributed by atoms with Crippen molar-refractivity contribution in [3.8, 4) is 5.75 Å². The number of hydrogen-bond donors (Lipinski definition) is 2. The summed E-state index contributed by atoms with van der Waals surface area (Å²) in [6.07, 6.45) is -4.64. The Balaban J connectivity index is 1.78. The normalized spacial score (nSPS) is 26.3. The molecule has 0 spiro atoms. The van der Waals surface area contributed by atoms with Crippen LogP contribution in [0.3, 0.4) is 0 Å². The molecule has 2 aliphatic heterocycles. The molecule has 2 fully saturated rings. The minimum atomic E-state index is -4.57. The van der Waals surface area contributed by atoms with Gasteiger partial charge >= 0.3 is 6.18 Å². The number of benzene rings is 2. The number of amides is 2. The summed E-state index contributed by atoms with van der Waals surface area (Å²) in [7, 11) is 0. The average molecular weight is 404 g/mol. The zero-order valence-corrected chi connectivity index (χ0v) is 15.5. The second-order valence-corrected chi connectivity index (χ2v) is 7.87. The number of likely N-dealkylation sites (tertiary alicyclic amines) is 1. The number of carbonyl (C=O) groups is 2. The monoisotopic (exact) mass is 404 g/mol. The van der Waals surface area contributed by atoms with E-state index in [0.29, 0.717) is 12.0 Å². The topological polar surface area (TPSA) is 69.6 Å². The van der Waals surface area contributed by atoms with Gasteiger partial charge in [-0.15, -0.1) is 0 Å². The third-order valence-corrected chi connectivity index (χ3v) is 5.76. The van der Waals surface area contributed by atoms with E-state index in [0.717, 1.165) is 12.1 Å². The van der Waals surface area contributed by atoms with Crippen molar-refractivity contribution < 1.29 is 27.9 Å². The summed E-state index contributed by atoms with van der Waals surface area (Å²) >= 11 is 0. The number of phenols is 1. The molecule has 0 radical (unpaired) electrons. The van der Waals surface area contributed by atoms with Crippen LogP contribution >= 0.6 is 0 Å². The summed E-state index contributed by atoms with van der Waals surface area (Å²) in [4.78, 5) is 26.8. The summed E-state index contributed by atoms with van der Waals surface area (Å²) < 4.78 is 39.3. The molecule has 2 saturated heterocycles. The molecule has 0 saturated carbocycles. The lowest BCUT2D eigenvalue weighted by atomic mass is 9.83. The molecule has 4 rings (SSSR count). The largest absolute Gasteiger partial charge is 0.508 e. The molecule has 0 bridgehead atoms. The van der Waals surface area contributed by atoms with Crippen molar-refractivity contribution in [3.05, 3.63) is 65.2 Å². The first-order chi connectivity index (χ1) is 13.6. The fourth-order valence-corrected chi connectivity index (χ4v) is 4.42. The number of nitrogens with zero attached hydrogens (tertiary/aromatic N) is 1. The molecule has 2 N–H and O–H groups in total. The summed E-state index contributed by atoms with van der Waals surface area (Å²) in [5, 5.41) is 13.1. The van der Waals surface area contributed by atoms with Gasteiger partial charge in [0.1, 0.15) is 11.9 Å². The molecule has 5 nitrogen and oxygen atoms in total. The molecule has 0 aromatic heterocycles. The van der Waals surface area contributed by atoms with Crippen molar-refractivity contribution >= 4 is 11.8 Å². The van der Waals surface area contributed by atoms with Crippen molar-refractivity contribution in [2.24, 2.45) is 5.41 Å². The third kappa shape index (κ3) is 3.22. The zero-order valence-electron chi connectivity index (χ0n) is 15.5. The number of fused-ring (bicyclic) bond motifs is 1. The van der Waals surface area contributed by atoms with E-state index in [2.05, 4.69) is 5.32 Å². The standard InChI is InChI=1S/C21H19F3N2O3/c1-20-10-15(14-7-2-3-8-16(14)27)26(19(20)25-17(28)11-20)18(29)12-5-4-6-13(9-12)21(22,23)24/h2-9,15,19,27H,10-11H2,1H3,(H,25,28)/t15-,19+,20+/m0/s1. The molecule has 8 heteroatoms.